The second-order valence-electron chi connectivity index (χ2n) is 10.4. The van der Waals surface area contributed by atoms with Crippen LogP contribution in [-0.2, 0) is 6.54 Å². The Morgan fingerprint density at radius 2 is 1.66 bits per heavy atom. The van der Waals surface area contributed by atoms with E-state index in [0.29, 0.717) is 18.5 Å². The van der Waals surface area contributed by atoms with E-state index in [1.807, 2.05) is 0 Å². The molecule has 0 heterocycles. The van der Waals surface area contributed by atoms with Crippen LogP contribution in [-0.4, -0.2) is 20.3 Å². The molecule has 0 spiro atoms. The van der Waals surface area contributed by atoms with Gasteiger partial charge >= 0.3 is 0 Å². The summed E-state index contributed by atoms with van der Waals surface area (Å²) in [5.41, 5.74) is 8.22. The molecule has 1 N–H and O–H groups in total. The number of hydrogen-bond acceptors (Lipinski definition) is 4. The maximum absolute atomic E-state index is 5.86. The highest BCUT2D eigenvalue weighted by Gasteiger charge is 2.18. The maximum atomic E-state index is 5.86. The van der Waals surface area contributed by atoms with Crippen molar-refractivity contribution >= 4 is 16.9 Å². The molecule has 0 bridgehead atoms. The molecule has 0 saturated carbocycles. The third-order valence-corrected chi connectivity index (χ3v) is 6.90. The zero-order chi connectivity index (χ0) is 28.2. The van der Waals surface area contributed by atoms with Gasteiger partial charge in [0.25, 0.3) is 0 Å². The number of aryl methyl sites for hydroxylation is 1. The van der Waals surface area contributed by atoms with E-state index in [4.69, 9.17) is 9.47 Å². The highest BCUT2D eigenvalue weighted by atomic mass is 16.5. The molecular formula is C34H50N2O2. The summed E-state index contributed by atoms with van der Waals surface area (Å²) in [6.07, 6.45) is 12.2. The Kier molecular flexibility index (Phi) is 12.7. The molecule has 2 aromatic carbocycles. The lowest BCUT2D eigenvalue weighted by molar-refractivity contribution is 0.381. The van der Waals surface area contributed by atoms with E-state index in [0.717, 1.165) is 47.7 Å². The summed E-state index contributed by atoms with van der Waals surface area (Å²) >= 11 is 0. The standard InChI is InChI=1S/C34H50N2O2/c1-11-14-15-28(18-25(6)12-2)29-16-17-32(27(8)19-29)36(23-26(7)13-3)30-20-33(37-9)31(22-35-24(4)5)34(21-30)38-10/h14-21,23-25,35H,11-13,22H2,1-10H3/b15-14+,26-23-,28-18+. The molecule has 2 aromatic rings. The molecule has 0 amide bonds. The van der Waals surface area contributed by atoms with Crippen molar-refractivity contribution in [2.75, 3.05) is 19.1 Å². The van der Waals surface area contributed by atoms with Crippen molar-refractivity contribution in [3.05, 3.63) is 77.0 Å². The molecule has 0 saturated heterocycles. The van der Waals surface area contributed by atoms with Gasteiger partial charge in [0.05, 0.1) is 25.5 Å². The molecule has 0 aromatic heterocycles. The first kappa shape index (κ1) is 31.2. The van der Waals surface area contributed by atoms with Gasteiger partial charge in [0.1, 0.15) is 11.5 Å². The summed E-state index contributed by atoms with van der Waals surface area (Å²) in [6, 6.07) is 11.4. The summed E-state index contributed by atoms with van der Waals surface area (Å²) in [4.78, 5) is 2.27. The van der Waals surface area contributed by atoms with Gasteiger partial charge in [0, 0.05) is 36.6 Å². The Morgan fingerprint density at radius 1 is 1.00 bits per heavy atom. The number of benzene rings is 2. The highest BCUT2D eigenvalue weighted by Crippen LogP contribution is 2.39. The van der Waals surface area contributed by atoms with Crippen LogP contribution < -0.4 is 19.7 Å². The number of allylic oxidation sites excluding steroid dienone is 5. The molecule has 1 unspecified atom stereocenters. The van der Waals surface area contributed by atoms with Gasteiger partial charge in [-0.3, -0.25) is 0 Å². The zero-order valence-corrected chi connectivity index (χ0v) is 25.4. The molecule has 0 fully saturated rings. The third-order valence-electron chi connectivity index (χ3n) is 6.90. The minimum Gasteiger partial charge on any atom is -0.496 e. The number of rotatable bonds is 14. The topological polar surface area (TPSA) is 33.7 Å². The maximum Gasteiger partial charge on any atom is 0.129 e. The van der Waals surface area contributed by atoms with Crippen molar-refractivity contribution in [2.45, 2.75) is 87.2 Å². The summed E-state index contributed by atoms with van der Waals surface area (Å²) in [5, 5.41) is 3.49. The molecule has 0 aliphatic carbocycles. The van der Waals surface area contributed by atoms with E-state index in [-0.39, 0.29) is 0 Å². The molecule has 2 rings (SSSR count). The Balaban J connectivity index is 2.67. The van der Waals surface area contributed by atoms with E-state index in [2.05, 4.69) is 120 Å². The van der Waals surface area contributed by atoms with E-state index in [1.165, 1.54) is 22.3 Å². The number of nitrogens with zero attached hydrogens (tertiary/aromatic N) is 1. The van der Waals surface area contributed by atoms with Crippen molar-refractivity contribution in [3.8, 4) is 11.5 Å². The molecule has 0 radical (unpaired) electrons. The normalized spacial score (nSPS) is 13.3. The molecule has 4 nitrogen and oxygen atoms in total. The smallest absolute Gasteiger partial charge is 0.129 e. The third kappa shape index (κ3) is 8.52. The Hall–Kier alpha value is -2.98. The van der Waals surface area contributed by atoms with Gasteiger partial charge in [0.2, 0.25) is 0 Å². The monoisotopic (exact) mass is 518 g/mol. The molecule has 0 aliphatic rings. The second-order valence-corrected chi connectivity index (χ2v) is 10.4. The lowest BCUT2D eigenvalue weighted by atomic mass is 9.96. The van der Waals surface area contributed by atoms with Crippen molar-refractivity contribution < 1.29 is 9.47 Å². The van der Waals surface area contributed by atoms with Crippen molar-refractivity contribution in [3.63, 3.8) is 0 Å². The fourth-order valence-corrected chi connectivity index (χ4v) is 4.21. The summed E-state index contributed by atoms with van der Waals surface area (Å²) in [7, 11) is 3.45. The minimum atomic E-state index is 0.364. The van der Waals surface area contributed by atoms with Crippen LogP contribution in [0.1, 0.15) is 84.4 Å². The van der Waals surface area contributed by atoms with Crippen LogP contribution in [0, 0.1) is 12.8 Å². The summed E-state index contributed by atoms with van der Waals surface area (Å²) in [5.74, 6) is 2.16. The summed E-state index contributed by atoms with van der Waals surface area (Å²) in [6.45, 7) is 18.2. The van der Waals surface area contributed by atoms with Crippen molar-refractivity contribution in [1.82, 2.24) is 5.32 Å². The molecule has 4 heteroatoms. The number of ether oxygens (including phenoxy) is 2. The molecule has 208 valence electrons. The number of hydrogen-bond donors (Lipinski definition) is 1. The number of nitrogens with one attached hydrogen (secondary N) is 1. The van der Waals surface area contributed by atoms with Crippen molar-refractivity contribution in [1.29, 1.82) is 0 Å². The first-order valence-corrected chi connectivity index (χ1v) is 14.1. The van der Waals surface area contributed by atoms with Gasteiger partial charge in [-0.2, -0.15) is 0 Å². The van der Waals surface area contributed by atoms with Gasteiger partial charge in [0.15, 0.2) is 0 Å². The van der Waals surface area contributed by atoms with Crippen molar-refractivity contribution in [2.24, 2.45) is 5.92 Å². The van der Waals surface area contributed by atoms with Gasteiger partial charge in [-0.25, -0.2) is 0 Å². The van der Waals surface area contributed by atoms with Crippen LogP contribution >= 0.6 is 0 Å². The first-order valence-electron chi connectivity index (χ1n) is 14.1. The predicted molar refractivity (Wildman–Crippen MR) is 166 cm³/mol. The van der Waals surface area contributed by atoms with E-state index < -0.39 is 0 Å². The predicted octanol–water partition coefficient (Wildman–Crippen LogP) is 9.36. The lowest BCUT2D eigenvalue weighted by Crippen LogP contribution is -2.22. The fourth-order valence-electron chi connectivity index (χ4n) is 4.21. The van der Waals surface area contributed by atoms with Crippen LogP contribution in [0.2, 0.25) is 0 Å². The van der Waals surface area contributed by atoms with Gasteiger partial charge in [-0.1, -0.05) is 77.8 Å². The Labute approximate surface area is 232 Å². The molecule has 0 aliphatic heterocycles. The number of anilines is 2. The zero-order valence-electron chi connectivity index (χ0n) is 25.4. The quantitative estimate of drug-likeness (QED) is 0.253. The fraction of sp³-hybridized carbons (Fsp3) is 0.471. The molecular weight excluding hydrogens is 468 g/mol. The Morgan fingerprint density at radius 3 is 2.16 bits per heavy atom. The average molecular weight is 519 g/mol. The first-order chi connectivity index (χ1) is 18.2. The van der Waals surface area contributed by atoms with Crippen LogP contribution in [0.4, 0.5) is 11.4 Å². The average Bonchev–Trinajstić information content (AvgIpc) is 2.91. The molecule has 1 atom stereocenters. The van der Waals surface area contributed by atoms with Gasteiger partial charge in [-0.05, 0) is 61.4 Å². The van der Waals surface area contributed by atoms with E-state index >= 15 is 0 Å². The number of methoxy groups -OCH3 is 2. The van der Waals surface area contributed by atoms with Crippen LogP contribution in [0.3, 0.4) is 0 Å². The summed E-state index contributed by atoms with van der Waals surface area (Å²) < 4.78 is 11.7. The van der Waals surface area contributed by atoms with Gasteiger partial charge in [-0.15, -0.1) is 0 Å². The van der Waals surface area contributed by atoms with Crippen LogP contribution in [0.5, 0.6) is 11.5 Å². The van der Waals surface area contributed by atoms with E-state index in [9.17, 15) is 0 Å². The molecule has 38 heavy (non-hydrogen) atoms. The van der Waals surface area contributed by atoms with Crippen LogP contribution in [0.25, 0.3) is 5.57 Å². The second kappa shape index (κ2) is 15.4. The van der Waals surface area contributed by atoms with Gasteiger partial charge < -0.3 is 19.7 Å². The van der Waals surface area contributed by atoms with E-state index in [1.54, 1.807) is 14.2 Å². The SMILES string of the molecule is CC/C=C/C(=C\C(C)CC)c1ccc(N(/C=C(/C)CC)c2cc(OC)c(CNC(C)C)c(OC)c2)c(C)c1. The van der Waals surface area contributed by atoms with Crippen LogP contribution in [0.15, 0.2) is 60.3 Å². The largest absolute Gasteiger partial charge is 0.496 e. The highest BCUT2D eigenvalue weighted by molar-refractivity contribution is 5.79. The lowest BCUT2D eigenvalue weighted by Gasteiger charge is -2.27. The Bertz CT molecular complexity index is 1100. The minimum absolute atomic E-state index is 0.364.